The maximum Gasteiger partial charge on any atom is 0.233 e. The summed E-state index contributed by atoms with van der Waals surface area (Å²) in [4.78, 5) is 41.0. The molecule has 4 fully saturated rings. The lowest BCUT2D eigenvalue weighted by Gasteiger charge is -2.19. The van der Waals surface area contributed by atoms with Gasteiger partial charge in [-0.15, -0.1) is 0 Å². The highest BCUT2D eigenvalue weighted by atomic mass is 19.1. The Bertz CT molecular complexity index is 839. The molecule has 1 aromatic carbocycles. The Labute approximate surface area is 169 Å². The highest BCUT2D eigenvalue weighted by Crippen LogP contribution is 2.56. The van der Waals surface area contributed by atoms with Gasteiger partial charge < -0.3 is 10.2 Å². The summed E-state index contributed by atoms with van der Waals surface area (Å²) < 4.78 is 14.4. The fourth-order valence-corrected chi connectivity index (χ4v) is 5.93. The third-order valence-corrected chi connectivity index (χ3v) is 7.26. The van der Waals surface area contributed by atoms with Crippen LogP contribution >= 0.6 is 0 Å². The maximum absolute atomic E-state index is 14.4. The molecule has 2 aliphatic carbocycles. The molecule has 2 saturated heterocycles. The van der Waals surface area contributed by atoms with Gasteiger partial charge in [-0.2, -0.15) is 0 Å². The third-order valence-electron chi connectivity index (χ3n) is 7.26. The van der Waals surface area contributed by atoms with E-state index in [2.05, 4.69) is 5.32 Å². The molecular formula is C22H26FN3O3. The number of anilines is 2. The molecule has 2 heterocycles. The Kier molecular flexibility index (Phi) is 4.56. The second-order valence-electron chi connectivity index (χ2n) is 8.87. The number of halogens is 1. The zero-order valence-electron chi connectivity index (χ0n) is 16.4. The summed E-state index contributed by atoms with van der Waals surface area (Å²) in [5.74, 6) is -0.485. The lowest BCUT2D eigenvalue weighted by molar-refractivity contribution is -0.140. The Morgan fingerprint density at radius 2 is 1.72 bits per heavy atom. The lowest BCUT2D eigenvalue weighted by Crippen LogP contribution is -2.35. The van der Waals surface area contributed by atoms with Crippen molar-refractivity contribution >= 4 is 29.1 Å². The van der Waals surface area contributed by atoms with Crippen molar-refractivity contribution in [3.63, 3.8) is 0 Å². The highest BCUT2D eigenvalue weighted by molar-refractivity contribution is 6.06. The molecule has 2 bridgehead atoms. The number of hydrogen-bond donors (Lipinski definition) is 1. The highest BCUT2D eigenvalue weighted by Gasteiger charge is 2.60. The molecular weight excluding hydrogens is 373 g/mol. The number of fused-ring (bicyclic) bond motifs is 5. The SMILES string of the molecule is O=C(CCN1C(=O)[C@H]2[C@H]3CC[C@@H](C3)[C@@H]2C1=O)Nc1ccc(N2CCCC2)c(F)c1. The normalized spacial score (nSPS) is 30.4. The Hall–Kier alpha value is -2.44. The van der Waals surface area contributed by atoms with Crippen molar-refractivity contribution in [1.82, 2.24) is 4.90 Å². The van der Waals surface area contributed by atoms with Crippen LogP contribution in [0.5, 0.6) is 0 Å². The molecule has 0 spiro atoms. The molecule has 7 heteroatoms. The van der Waals surface area contributed by atoms with E-state index in [0.717, 1.165) is 45.2 Å². The summed E-state index contributed by atoms with van der Waals surface area (Å²) in [5.41, 5.74) is 0.958. The number of likely N-dealkylation sites (tertiary alicyclic amines) is 1. The number of imide groups is 1. The van der Waals surface area contributed by atoms with Gasteiger partial charge in [0.1, 0.15) is 5.82 Å². The van der Waals surface area contributed by atoms with Gasteiger partial charge in [0.15, 0.2) is 0 Å². The molecule has 0 aromatic heterocycles. The van der Waals surface area contributed by atoms with Crippen molar-refractivity contribution in [2.75, 3.05) is 29.9 Å². The van der Waals surface area contributed by atoms with Crippen molar-refractivity contribution in [2.24, 2.45) is 23.7 Å². The van der Waals surface area contributed by atoms with E-state index in [4.69, 9.17) is 0 Å². The fraction of sp³-hybridized carbons (Fsp3) is 0.591. The minimum Gasteiger partial charge on any atom is -0.369 e. The first-order chi connectivity index (χ1) is 14.0. The van der Waals surface area contributed by atoms with Crippen molar-refractivity contribution in [3.8, 4) is 0 Å². The van der Waals surface area contributed by atoms with Crippen LogP contribution < -0.4 is 10.2 Å². The summed E-state index contributed by atoms with van der Waals surface area (Å²) in [5, 5.41) is 2.69. The van der Waals surface area contributed by atoms with Gasteiger partial charge in [0.05, 0.1) is 17.5 Å². The average molecular weight is 399 g/mol. The first-order valence-electron chi connectivity index (χ1n) is 10.7. The smallest absolute Gasteiger partial charge is 0.233 e. The van der Waals surface area contributed by atoms with E-state index in [1.54, 1.807) is 12.1 Å². The Morgan fingerprint density at radius 3 is 2.34 bits per heavy atom. The number of amides is 3. The number of hydrogen-bond acceptors (Lipinski definition) is 4. The van der Waals surface area contributed by atoms with Crippen molar-refractivity contribution < 1.29 is 18.8 Å². The van der Waals surface area contributed by atoms with Gasteiger partial charge in [-0.1, -0.05) is 0 Å². The van der Waals surface area contributed by atoms with Crippen LogP contribution in [-0.2, 0) is 14.4 Å². The van der Waals surface area contributed by atoms with E-state index in [9.17, 15) is 18.8 Å². The molecule has 0 unspecified atom stereocenters. The molecule has 29 heavy (non-hydrogen) atoms. The van der Waals surface area contributed by atoms with Crippen molar-refractivity contribution in [1.29, 1.82) is 0 Å². The zero-order valence-corrected chi connectivity index (χ0v) is 16.4. The predicted octanol–water partition coefficient (Wildman–Crippen LogP) is 2.79. The van der Waals surface area contributed by atoms with Gasteiger partial charge >= 0.3 is 0 Å². The molecule has 3 amide bonds. The molecule has 2 aliphatic heterocycles. The van der Waals surface area contributed by atoms with Gasteiger partial charge in [-0.3, -0.25) is 19.3 Å². The Balaban J connectivity index is 1.18. The lowest BCUT2D eigenvalue weighted by atomic mass is 9.81. The van der Waals surface area contributed by atoms with Crippen LogP contribution in [0.3, 0.4) is 0 Å². The first kappa shape index (κ1) is 18.6. The molecule has 154 valence electrons. The van der Waals surface area contributed by atoms with Gasteiger partial charge in [-0.25, -0.2) is 4.39 Å². The fourth-order valence-electron chi connectivity index (χ4n) is 5.93. The average Bonchev–Trinajstić information content (AvgIpc) is 3.47. The molecule has 2 saturated carbocycles. The quantitative estimate of drug-likeness (QED) is 0.773. The van der Waals surface area contributed by atoms with E-state index >= 15 is 0 Å². The molecule has 0 radical (unpaired) electrons. The second-order valence-corrected chi connectivity index (χ2v) is 8.87. The molecule has 5 rings (SSSR count). The van der Waals surface area contributed by atoms with Gasteiger partial charge in [-0.05, 0) is 62.1 Å². The molecule has 4 aliphatic rings. The molecule has 1 N–H and O–H groups in total. The number of rotatable bonds is 5. The van der Waals surface area contributed by atoms with Crippen molar-refractivity contribution in [3.05, 3.63) is 24.0 Å². The van der Waals surface area contributed by atoms with Gasteiger partial charge in [0.2, 0.25) is 17.7 Å². The number of nitrogens with zero attached hydrogens (tertiary/aromatic N) is 2. The van der Waals surface area contributed by atoms with E-state index in [1.807, 2.05) is 4.90 Å². The van der Waals surface area contributed by atoms with Crippen LogP contribution in [0, 0.1) is 29.5 Å². The molecule has 6 nitrogen and oxygen atoms in total. The standard InChI is InChI=1S/C22H26FN3O3/c23-16-12-15(5-6-17(16)25-8-1-2-9-25)24-18(27)7-10-26-21(28)19-13-3-4-14(11-13)20(19)22(26)29/h5-6,12-14,19-20H,1-4,7-11H2,(H,24,27)/t13-,14-,19-,20-/m0/s1. The summed E-state index contributed by atoms with van der Waals surface area (Å²) in [6, 6.07) is 4.73. The van der Waals surface area contributed by atoms with E-state index in [-0.39, 0.29) is 48.3 Å². The molecule has 1 aromatic rings. The monoisotopic (exact) mass is 399 g/mol. The van der Waals surface area contributed by atoms with Crippen molar-refractivity contribution in [2.45, 2.75) is 38.5 Å². The van der Waals surface area contributed by atoms with Crippen LogP contribution in [0.1, 0.15) is 38.5 Å². The summed E-state index contributed by atoms with van der Waals surface area (Å²) >= 11 is 0. The number of carbonyl (C=O) groups excluding carboxylic acids is 3. The van der Waals surface area contributed by atoms with E-state index in [0.29, 0.717) is 23.2 Å². The van der Waals surface area contributed by atoms with Crippen LogP contribution in [0.25, 0.3) is 0 Å². The van der Waals surface area contributed by atoms with Crippen LogP contribution in [0.15, 0.2) is 18.2 Å². The Morgan fingerprint density at radius 1 is 1.07 bits per heavy atom. The first-order valence-corrected chi connectivity index (χ1v) is 10.7. The summed E-state index contributed by atoms with van der Waals surface area (Å²) in [6.45, 7) is 1.80. The van der Waals surface area contributed by atoms with Crippen LogP contribution in [0.4, 0.5) is 15.8 Å². The minimum atomic E-state index is -0.349. The maximum atomic E-state index is 14.4. The third kappa shape index (κ3) is 3.11. The minimum absolute atomic E-state index is 0.0295. The predicted molar refractivity (Wildman–Crippen MR) is 106 cm³/mol. The van der Waals surface area contributed by atoms with Gasteiger partial charge in [0.25, 0.3) is 0 Å². The topological polar surface area (TPSA) is 69.7 Å². The zero-order chi connectivity index (χ0) is 20.1. The van der Waals surface area contributed by atoms with Crippen LogP contribution in [0.2, 0.25) is 0 Å². The summed E-state index contributed by atoms with van der Waals surface area (Å²) in [7, 11) is 0. The second kappa shape index (κ2) is 7.11. The van der Waals surface area contributed by atoms with E-state index < -0.39 is 0 Å². The largest absolute Gasteiger partial charge is 0.369 e. The van der Waals surface area contributed by atoms with E-state index in [1.165, 1.54) is 11.0 Å². The van der Waals surface area contributed by atoms with Crippen LogP contribution in [-0.4, -0.2) is 42.3 Å². The number of benzene rings is 1. The van der Waals surface area contributed by atoms with Gasteiger partial charge in [0, 0.05) is 31.7 Å². The number of carbonyl (C=O) groups is 3. The summed E-state index contributed by atoms with van der Waals surface area (Å²) in [6.07, 6.45) is 5.24. The molecule has 4 atom stereocenters. The number of nitrogens with one attached hydrogen (secondary N) is 1.